The van der Waals surface area contributed by atoms with Crippen molar-refractivity contribution in [2.24, 2.45) is 0 Å². The normalized spacial score (nSPS) is 24.2. The Hall–Kier alpha value is -2.15. The molecule has 1 fully saturated rings. The van der Waals surface area contributed by atoms with E-state index in [0.717, 1.165) is 0 Å². The van der Waals surface area contributed by atoms with E-state index in [1.807, 2.05) is 58.9 Å². The average Bonchev–Trinajstić information content (AvgIpc) is 2.74. The van der Waals surface area contributed by atoms with E-state index >= 15 is 0 Å². The molecule has 220 valence electrons. The number of carboxylic acid groups (broad SMARTS) is 1. The number of hydrogen-bond donors (Lipinski definition) is 1. The van der Waals surface area contributed by atoms with Crippen molar-refractivity contribution in [1.29, 1.82) is 0 Å². The van der Waals surface area contributed by atoms with Gasteiger partial charge in [-0.15, -0.1) is 0 Å². The fourth-order valence-electron chi connectivity index (χ4n) is 3.86. The van der Waals surface area contributed by atoms with Crippen LogP contribution < -0.4 is 4.74 Å². The predicted octanol–water partition coefficient (Wildman–Crippen LogP) is 4.38. The number of esters is 1. The number of carboxylic acids is 1. The molecule has 1 aromatic carbocycles. The fourth-order valence-corrected chi connectivity index (χ4v) is 7.11. The van der Waals surface area contributed by atoms with Gasteiger partial charge in [-0.3, -0.25) is 19.7 Å². The summed E-state index contributed by atoms with van der Waals surface area (Å²) in [6.07, 6.45) is -4.77. The molecule has 0 bridgehead atoms. The number of carbonyl (C=O) groups is 2. The number of nitro benzene ring substituents is 1. The Morgan fingerprint density at radius 1 is 0.872 bits per heavy atom. The molecule has 0 radical (unpaired) electrons. The molecular formula is C24H41NO11Si3. The van der Waals surface area contributed by atoms with Gasteiger partial charge in [0.2, 0.25) is 6.29 Å². The maximum Gasteiger partial charge on any atom is 0.317 e. The summed E-state index contributed by atoms with van der Waals surface area (Å²) in [7, 11) is -6.65. The predicted molar refractivity (Wildman–Crippen MR) is 150 cm³/mol. The summed E-state index contributed by atoms with van der Waals surface area (Å²) in [4.78, 5) is 33.7. The van der Waals surface area contributed by atoms with E-state index in [0.29, 0.717) is 5.75 Å². The van der Waals surface area contributed by atoms with Gasteiger partial charge >= 0.3 is 11.9 Å². The highest BCUT2D eigenvalue weighted by Crippen LogP contribution is 2.35. The lowest BCUT2D eigenvalue weighted by molar-refractivity contribution is -0.384. The fraction of sp³-hybridized carbons (Fsp3) is 0.667. The van der Waals surface area contributed by atoms with Crippen molar-refractivity contribution in [3.8, 4) is 5.75 Å². The van der Waals surface area contributed by atoms with Gasteiger partial charge in [-0.2, -0.15) is 0 Å². The van der Waals surface area contributed by atoms with Crippen molar-refractivity contribution in [3.63, 3.8) is 0 Å². The number of ether oxygens (including phenoxy) is 3. The van der Waals surface area contributed by atoms with Crippen LogP contribution in [0.1, 0.15) is 6.42 Å². The van der Waals surface area contributed by atoms with Gasteiger partial charge in [0.1, 0.15) is 43.2 Å². The molecule has 1 heterocycles. The minimum absolute atomic E-state index is 0.0893. The Morgan fingerprint density at radius 3 is 1.82 bits per heavy atom. The smallest absolute Gasteiger partial charge is 0.317 e. The molecule has 1 aliphatic rings. The number of benzene rings is 1. The average molecular weight is 604 g/mol. The number of carbonyl (C=O) groups excluding carboxylic acids is 1. The molecule has 0 unspecified atom stereocenters. The highest BCUT2D eigenvalue weighted by atomic mass is 28.4. The Labute approximate surface area is 232 Å². The first-order valence-corrected chi connectivity index (χ1v) is 22.9. The van der Waals surface area contributed by atoms with Crippen LogP contribution in [0.2, 0.25) is 58.9 Å². The summed E-state index contributed by atoms with van der Waals surface area (Å²) in [5.41, 5.74) is -0.0893. The quantitative estimate of drug-likeness (QED) is 0.112. The van der Waals surface area contributed by atoms with Crippen LogP contribution in [0.25, 0.3) is 0 Å². The first kappa shape index (κ1) is 33.1. The third-order valence-corrected chi connectivity index (χ3v) is 8.00. The molecule has 5 atom stereocenters. The zero-order valence-corrected chi connectivity index (χ0v) is 27.1. The zero-order chi connectivity index (χ0) is 29.8. The van der Waals surface area contributed by atoms with Crippen LogP contribution in [0, 0.1) is 10.1 Å². The topological polar surface area (TPSA) is 153 Å². The maximum atomic E-state index is 12.1. The van der Waals surface area contributed by atoms with Crippen molar-refractivity contribution >= 4 is 42.6 Å². The lowest BCUT2D eigenvalue weighted by atomic mass is 9.99. The lowest BCUT2D eigenvalue weighted by Gasteiger charge is -2.50. The molecular weight excluding hydrogens is 563 g/mol. The molecule has 0 saturated carbocycles. The summed E-state index contributed by atoms with van der Waals surface area (Å²) >= 11 is 0. The maximum absolute atomic E-state index is 12.1. The van der Waals surface area contributed by atoms with Gasteiger partial charge in [0.15, 0.2) is 25.0 Å². The van der Waals surface area contributed by atoms with Crippen LogP contribution in [-0.2, 0) is 32.3 Å². The van der Waals surface area contributed by atoms with Crippen molar-refractivity contribution in [2.45, 2.75) is 96.0 Å². The SMILES string of the molecule is C[Si](C)(C)O[C@@H]1[C@H](O[Si](C)(C)C)[C@@H](Oc2ccc([N+](=O)[O-])cc2)O[C@H](COC(=O)CC(=O)O)[C@H]1O[Si](C)(C)C. The second-order valence-electron chi connectivity index (χ2n) is 12.2. The van der Waals surface area contributed by atoms with Crippen molar-refractivity contribution in [3.05, 3.63) is 34.4 Å². The molecule has 0 amide bonds. The minimum Gasteiger partial charge on any atom is -0.481 e. The van der Waals surface area contributed by atoms with Gasteiger partial charge in [0.05, 0.1) is 4.92 Å². The standard InChI is InChI=1S/C24H41NO11Si3/c1-37(2,3)34-21-18(15-31-20(28)14-19(26)27)33-24(32-17-12-10-16(11-13-17)25(29)30)23(36-39(7,8)9)22(21)35-38(4,5)6/h10-13,18,21-24H,14-15H2,1-9H3,(H,26,27)/t18-,21-,22+,23+,24+/m1/s1. The third kappa shape index (κ3) is 11.5. The van der Waals surface area contributed by atoms with Crippen LogP contribution in [0.4, 0.5) is 5.69 Å². The van der Waals surface area contributed by atoms with Gasteiger partial charge in [-0.1, -0.05) is 0 Å². The first-order chi connectivity index (χ1) is 17.7. The summed E-state index contributed by atoms with van der Waals surface area (Å²) < 4.78 is 37.6. The van der Waals surface area contributed by atoms with Crippen molar-refractivity contribution < 1.29 is 47.1 Å². The highest BCUT2D eigenvalue weighted by Gasteiger charge is 2.53. The number of nitro groups is 1. The molecule has 1 aromatic rings. The largest absolute Gasteiger partial charge is 0.481 e. The van der Waals surface area contributed by atoms with E-state index in [1.54, 1.807) is 0 Å². The Kier molecular flexibility index (Phi) is 11.0. The lowest BCUT2D eigenvalue weighted by Crippen LogP contribution is -2.67. The monoisotopic (exact) mass is 603 g/mol. The second-order valence-corrected chi connectivity index (χ2v) is 25.6. The number of hydrogen-bond acceptors (Lipinski definition) is 10. The van der Waals surface area contributed by atoms with Crippen LogP contribution in [0.15, 0.2) is 24.3 Å². The second kappa shape index (κ2) is 13.0. The van der Waals surface area contributed by atoms with E-state index in [9.17, 15) is 19.7 Å². The van der Waals surface area contributed by atoms with Gasteiger partial charge in [0, 0.05) is 12.1 Å². The molecule has 0 aromatic heterocycles. The van der Waals surface area contributed by atoms with Crippen LogP contribution in [0.5, 0.6) is 5.75 Å². The first-order valence-electron chi connectivity index (χ1n) is 12.7. The molecule has 39 heavy (non-hydrogen) atoms. The molecule has 1 saturated heterocycles. The number of aliphatic carboxylic acids is 1. The molecule has 2 rings (SSSR count). The van der Waals surface area contributed by atoms with Crippen LogP contribution >= 0.6 is 0 Å². The molecule has 12 nitrogen and oxygen atoms in total. The minimum atomic E-state index is -2.22. The van der Waals surface area contributed by atoms with Gasteiger partial charge in [-0.05, 0) is 71.1 Å². The molecule has 0 spiro atoms. The summed E-state index contributed by atoms with van der Waals surface area (Å²) in [5, 5.41) is 20.1. The molecule has 1 aliphatic heterocycles. The molecule has 0 aliphatic carbocycles. The summed E-state index contributed by atoms with van der Waals surface area (Å²) in [6.45, 7) is 17.9. The van der Waals surface area contributed by atoms with Crippen molar-refractivity contribution in [2.75, 3.05) is 6.61 Å². The Balaban J connectivity index is 2.53. The Morgan fingerprint density at radius 2 is 1.36 bits per heavy atom. The Bertz CT molecular complexity index is 1000. The summed E-state index contributed by atoms with van der Waals surface area (Å²) in [6, 6.07) is 5.58. The van der Waals surface area contributed by atoms with Gasteiger partial charge in [-0.25, -0.2) is 0 Å². The summed E-state index contributed by atoms with van der Waals surface area (Å²) in [5.74, 6) is -1.90. The number of nitrogens with zero attached hydrogens (tertiary/aromatic N) is 1. The van der Waals surface area contributed by atoms with E-state index in [2.05, 4.69) is 0 Å². The van der Waals surface area contributed by atoms with E-state index in [4.69, 9.17) is 32.6 Å². The number of rotatable bonds is 13. The molecule has 15 heteroatoms. The van der Waals surface area contributed by atoms with Crippen molar-refractivity contribution in [1.82, 2.24) is 0 Å². The molecule has 1 N–H and O–H groups in total. The van der Waals surface area contributed by atoms with E-state index in [1.165, 1.54) is 24.3 Å². The van der Waals surface area contributed by atoms with Gasteiger partial charge in [0.25, 0.3) is 5.69 Å². The van der Waals surface area contributed by atoms with E-state index < -0.39 is 78.9 Å². The van der Waals surface area contributed by atoms with Gasteiger partial charge < -0.3 is 32.6 Å². The van der Waals surface area contributed by atoms with Crippen LogP contribution in [-0.4, -0.2) is 84.2 Å². The number of non-ortho nitro benzene ring substituents is 1. The van der Waals surface area contributed by atoms with E-state index in [-0.39, 0.29) is 12.3 Å². The third-order valence-electron chi connectivity index (χ3n) is 5.06. The van der Waals surface area contributed by atoms with Crippen LogP contribution in [0.3, 0.4) is 0 Å². The zero-order valence-electron chi connectivity index (χ0n) is 24.1. The highest BCUT2D eigenvalue weighted by molar-refractivity contribution is 6.70.